The number of amides is 2. The number of rotatable bonds is 8. The minimum absolute atomic E-state index is 0.356. The normalized spacial score (nSPS) is 13.6. The van der Waals surface area contributed by atoms with E-state index in [0.29, 0.717) is 50.5 Å². The maximum absolute atomic E-state index is 14.0. The molecule has 1 aromatic heterocycles. The van der Waals surface area contributed by atoms with E-state index in [-0.39, 0.29) is 11.8 Å². The predicted molar refractivity (Wildman–Crippen MR) is 171 cm³/mol. The van der Waals surface area contributed by atoms with Crippen molar-refractivity contribution in [3.63, 3.8) is 0 Å². The monoisotopic (exact) mass is 617 g/mol. The fraction of sp³-hybridized carbons (Fsp3) is 0.156. The van der Waals surface area contributed by atoms with Gasteiger partial charge in [0.2, 0.25) is 0 Å². The molecule has 0 unspecified atom stereocenters. The Morgan fingerprint density at radius 3 is 1.90 bits per heavy atom. The van der Waals surface area contributed by atoms with Crippen LogP contribution in [0.3, 0.4) is 0 Å². The van der Waals surface area contributed by atoms with Crippen molar-refractivity contribution in [1.29, 1.82) is 0 Å². The number of carbonyl (C=O) groups excluding carboxylic acids is 2. The number of nitrogens with one attached hydrogen (secondary N) is 3. The number of dihydropyridines is 1. The van der Waals surface area contributed by atoms with Crippen molar-refractivity contribution in [3.8, 4) is 0 Å². The van der Waals surface area contributed by atoms with E-state index in [1.807, 2.05) is 50.4 Å². The standard InChI is InChI=1S/C32H29Cl2N5O2S/c1-19-27(30(40)37-24-13-7-11-22(33)15-24)29(26-17-35-32(42-3)39(26)18-21-9-5-4-6-10-21)28(20(2)36-19)31(41)38-25-14-8-12-23(34)16-25/h4-17,29,36H,18H2,1-3H3,(H,37,40)(H,38,41). The fourth-order valence-corrected chi connectivity index (χ4v) is 6.04. The first-order valence-corrected chi connectivity index (χ1v) is 15.2. The first kappa shape index (κ1) is 29.5. The number of hydrogen-bond donors (Lipinski definition) is 3. The average molecular weight is 619 g/mol. The van der Waals surface area contributed by atoms with Crippen LogP contribution in [0.1, 0.15) is 31.0 Å². The summed E-state index contributed by atoms with van der Waals surface area (Å²) >= 11 is 13.9. The van der Waals surface area contributed by atoms with Crippen LogP contribution in [-0.4, -0.2) is 27.6 Å². The highest BCUT2D eigenvalue weighted by Crippen LogP contribution is 2.40. The van der Waals surface area contributed by atoms with E-state index in [2.05, 4.69) is 20.5 Å². The SMILES string of the molecule is CSc1ncc(C2C(C(=O)Nc3cccc(Cl)c3)=C(C)NC(C)=C2C(=O)Nc2cccc(Cl)c2)n1Cc1ccccc1. The van der Waals surface area contributed by atoms with Crippen molar-refractivity contribution in [2.75, 3.05) is 16.9 Å². The summed E-state index contributed by atoms with van der Waals surface area (Å²) in [4.78, 5) is 32.8. The molecule has 2 heterocycles. The lowest BCUT2D eigenvalue weighted by atomic mass is 9.82. The van der Waals surface area contributed by atoms with Crippen LogP contribution in [0.25, 0.3) is 0 Å². The molecule has 1 aliphatic heterocycles. The van der Waals surface area contributed by atoms with E-state index < -0.39 is 5.92 Å². The third-order valence-corrected chi connectivity index (χ3v) is 8.09. The Labute approximate surface area is 259 Å². The van der Waals surface area contributed by atoms with Crippen LogP contribution in [0.4, 0.5) is 11.4 Å². The molecule has 42 heavy (non-hydrogen) atoms. The number of halogens is 2. The zero-order valence-electron chi connectivity index (χ0n) is 23.2. The molecule has 4 aromatic rings. The molecule has 0 aliphatic carbocycles. The van der Waals surface area contributed by atoms with Crippen LogP contribution in [0.5, 0.6) is 0 Å². The smallest absolute Gasteiger partial charge is 0.254 e. The summed E-state index contributed by atoms with van der Waals surface area (Å²) in [7, 11) is 0. The summed E-state index contributed by atoms with van der Waals surface area (Å²) in [5, 5.41) is 11.0. The van der Waals surface area contributed by atoms with E-state index >= 15 is 0 Å². The first-order valence-electron chi connectivity index (χ1n) is 13.2. The Bertz CT molecular complexity index is 1630. The second-order valence-corrected chi connectivity index (χ2v) is 11.5. The number of imidazole rings is 1. The van der Waals surface area contributed by atoms with Crippen LogP contribution in [0.2, 0.25) is 10.0 Å². The lowest BCUT2D eigenvalue weighted by Crippen LogP contribution is -2.36. The van der Waals surface area contributed by atoms with Gasteiger partial charge in [0.1, 0.15) is 0 Å². The van der Waals surface area contributed by atoms with Gasteiger partial charge in [-0.25, -0.2) is 4.98 Å². The van der Waals surface area contributed by atoms with Gasteiger partial charge in [-0.2, -0.15) is 0 Å². The maximum atomic E-state index is 14.0. The fourth-order valence-electron chi connectivity index (χ4n) is 5.11. The third kappa shape index (κ3) is 6.41. The van der Waals surface area contributed by atoms with Gasteiger partial charge in [-0.3, -0.25) is 9.59 Å². The van der Waals surface area contributed by atoms with Crippen molar-refractivity contribution < 1.29 is 9.59 Å². The van der Waals surface area contributed by atoms with Gasteiger partial charge in [0.05, 0.1) is 17.8 Å². The van der Waals surface area contributed by atoms with E-state index in [4.69, 9.17) is 28.2 Å². The number of aromatic nitrogens is 2. The molecule has 5 rings (SSSR count). The van der Waals surface area contributed by atoms with E-state index in [1.165, 1.54) is 11.8 Å². The van der Waals surface area contributed by atoms with Crippen molar-refractivity contribution in [1.82, 2.24) is 14.9 Å². The van der Waals surface area contributed by atoms with Crippen LogP contribution in [0, 0.1) is 0 Å². The molecule has 7 nitrogen and oxygen atoms in total. The van der Waals surface area contributed by atoms with Gasteiger partial charge in [-0.05, 0) is 62.1 Å². The van der Waals surface area contributed by atoms with Gasteiger partial charge < -0.3 is 20.5 Å². The molecule has 3 aromatic carbocycles. The van der Waals surface area contributed by atoms with Crippen LogP contribution in [0.15, 0.2) is 113 Å². The molecule has 0 atom stereocenters. The van der Waals surface area contributed by atoms with E-state index in [0.717, 1.165) is 16.4 Å². The minimum atomic E-state index is -0.735. The van der Waals surface area contributed by atoms with Crippen LogP contribution >= 0.6 is 35.0 Å². The third-order valence-electron chi connectivity index (χ3n) is 6.93. The quantitative estimate of drug-likeness (QED) is 0.178. The molecule has 214 valence electrons. The summed E-state index contributed by atoms with van der Waals surface area (Å²) in [6, 6.07) is 23.9. The lowest BCUT2D eigenvalue weighted by molar-refractivity contribution is -0.113. The second kappa shape index (κ2) is 12.9. The zero-order chi connectivity index (χ0) is 29.8. The molecule has 1 aliphatic rings. The van der Waals surface area contributed by atoms with Crippen molar-refractivity contribution in [3.05, 3.63) is 129 Å². The minimum Gasteiger partial charge on any atom is -0.362 e. The number of thioether (sulfide) groups is 1. The van der Waals surface area contributed by atoms with Crippen molar-refractivity contribution in [2.45, 2.75) is 31.5 Å². The van der Waals surface area contributed by atoms with E-state index in [1.54, 1.807) is 54.7 Å². The Morgan fingerprint density at radius 2 is 1.40 bits per heavy atom. The highest BCUT2D eigenvalue weighted by Gasteiger charge is 2.39. The van der Waals surface area contributed by atoms with Crippen molar-refractivity contribution in [2.24, 2.45) is 0 Å². The van der Waals surface area contributed by atoms with Gasteiger partial charge in [-0.15, -0.1) is 0 Å². The molecule has 0 bridgehead atoms. The molecular formula is C32H29Cl2N5O2S. The summed E-state index contributed by atoms with van der Waals surface area (Å²) < 4.78 is 2.07. The Hall–Kier alpha value is -3.98. The number of allylic oxidation sites excluding steroid dienone is 2. The number of hydrogen-bond acceptors (Lipinski definition) is 5. The molecule has 0 saturated heterocycles. The molecule has 2 amide bonds. The second-order valence-electron chi connectivity index (χ2n) is 9.81. The topological polar surface area (TPSA) is 88.1 Å². The average Bonchev–Trinajstić information content (AvgIpc) is 3.35. The Balaban J connectivity index is 1.63. The van der Waals surface area contributed by atoms with Crippen LogP contribution in [-0.2, 0) is 16.1 Å². The van der Waals surface area contributed by atoms with Gasteiger partial charge in [0.25, 0.3) is 11.8 Å². The molecule has 0 fully saturated rings. The molecule has 0 radical (unpaired) electrons. The molecule has 3 N–H and O–H groups in total. The van der Waals surface area contributed by atoms with Gasteiger partial charge in [-0.1, -0.05) is 77.4 Å². The number of nitrogens with zero attached hydrogens (tertiary/aromatic N) is 2. The Kier molecular flexibility index (Phi) is 9.06. The molecule has 0 saturated carbocycles. The Morgan fingerprint density at radius 1 is 0.857 bits per heavy atom. The maximum Gasteiger partial charge on any atom is 0.254 e. The first-order chi connectivity index (χ1) is 20.2. The van der Waals surface area contributed by atoms with Crippen molar-refractivity contribution >= 4 is 58.2 Å². The molecule has 10 heteroatoms. The molecular weight excluding hydrogens is 589 g/mol. The molecule has 0 spiro atoms. The van der Waals surface area contributed by atoms with Gasteiger partial charge in [0, 0.05) is 50.5 Å². The lowest BCUT2D eigenvalue weighted by Gasteiger charge is -2.32. The van der Waals surface area contributed by atoms with Crippen LogP contribution < -0.4 is 16.0 Å². The predicted octanol–water partition coefficient (Wildman–Crippen LogP) is 7.47. The number of carbonyl (C=O) groups is 2. The highest BCUT2D eigenvalue weighted by molar-refractivity contribution is 7.98. The summed E-state index contributed by atoms with van der Waals surface area (Å²) in [6.45, 7) is 4.19. The van der Waals surface area contributed by atoms with Gasteiger partial charge in [0.15, 0.2) is 5.16 Å². The van der Waals surface area contributed by atoms with Gasteiger partial charge >= 0.3 is 0 Å². The summed E-state index contributed by atoms with van der Waals surface area (Å²) in [5.41, 5.74) is 4.95. The highest BCUT2D eigenvalue weighted by atomic mass is 35.5. The summed E-state index contributed by atoms with van der Waals surface area (Å²) in [6.07, 6.45) is 3.71. The largest absolute Gasteiger partial charge is 0.362 e. The number of benzene rings is 3. The zero-order valence-corrected chi connectivity index (χ0v) is 25.6. The summed E-state index contributed by atoms with van der Waals surface area (Å²) in [5.74, 6) is -1.45. The van der Waals surface area contributed by atoms with E-state index in [9.17, 15) is 9.59 Å². The number of anilines is 2.